The second kappa shape index (κ2) is 26.5. The molecule has 0 saturated carbocycles. The Labute approximate surface area is 227 Å². The molecule has 3 aromatic carbocycles. The Hall–Kier alpha value is -2.55. The van der Waals surface area contributed by atoms with Crippen LogP contribution in [0.5, 0.6) is 0 Å². The maximum Gasteiger partial charge on any atom is 0.416 e. The molecule has 3 heteroatoms. The summed E-state index contributed by atoms with van der Waals surface area (Å²) < 4.78 is 36.1. The first kappa shape index (κ1) is 39.0. The van der Waals surface area contributed by atoms with Gasteiger partial charge in [0.1, 0.15) is 0 Å². The molecule has 0 atom stereocenters. The molecule has 0 unspecified atom stereocenters. The van der Waals surface area contributed by atoms with Crippen molar-refractivity contribution in [3.8, 4) is 11.1 Å². The molecule has 0 nitrogen and oxygen atoms in total. The van der Waals surface area contributed by atoms with Crippen molar-refractivity contribution in [3.05, 3.63) is 95.6 Å². The average molecular weight is 519 g/mol. The first-order chi connectivity index (χ1) is 17.8. The fourth-order valence-corrected chi connectivity index (χ4v) is 2.62. The van der Waals surface area contributed by atoms with Crippen LogP contribution in [0.3, 0.4) is 0 Å². The van der Waals surface area contributed by atoms with Crippen LogP contribution in [0.1, 0.15) is 105 Å². The van der Waals surface area contributed by atoms with E-state index in [0.29, 0.717) is 0 Å². The lowest BCUT2D eigenvalue weighted by atomic mass is 9.98. The second-order valence-electron chi connectivity index (χ2n) is 7.69. The van der Waals surface area contributed by atoms with Gasteiger partial charge in [0.15, 0.2) is 0 Å². The Kier molecular flexibility index (Phi) is 27.9. The van der Waals surface area contributed by atoms with Crippen LogP contribution in [0.4, 0.5) is 13.2 Å². The molecule has 3 aromatic rings. The van der Waals surface area contributed by atoms with Crippen molar-refractivity contribution in [1.82, 2.24) is 0 Å². The third kappa shape index (κ3) is 19.3. The molecule has 37 heavy (non-hydrogen) atoms. The number of benzene rings is 3. The molecule has 0 aromatic heterocycles. The number of alkyl halides is 3. The van der Waals surface area contributed by atoms with Crippen molar-refractivity contribution >= 4 is 0 Å². The smallest absolute Gasteiger partial charge is 0.166 e. The molecule has 0 amide bonds. The largest absolute Gasteiger partial charge is 0.416 e. The lowest BCUT2D eigenvalue weighted by molar-refractivity contribution is -0.138. The topological polar surface area (TPSA) is 0 Å². The highest BCUT2D eigenvalue weighted by atomic mass is 19.4. The molecule has 0 aliphatic heterocycles. The van der Waals surface area contributed by atoms with Crippen LogP contribution in [-0.4, -0.2) is 0 Å². The van der Waals surface area contributed by atoms with Gasteiger partial charge in [0.05, 0.1) is 5.56 Å². The number of hydrogen-bond acceptors (Lipinski definition) is 0. The van der Waals surface area contributed by atoms with Gasteiger partial charge in [0.2, 0.25) is 0 Å². The predicted molar refractivity (Wildman–Crippen MR) is 161 cm³/mol. The van der Waals surface area contributed by atoms with Gasteiger partial charge in [-0.3, -0.25) is 0 Å². The van der Waals surface area contributed by atoms with Gasteiger partial charge in [-0.15, -0.1) is 0 Å². The molecule has 0 radical (unpaired) electrons. The van der Waals surface area contributed by atoms with Gasteiger partial charge >= 0.3 is 6.18 Å². The fraction of sp³-hybridized carbons (Fsp3) is 0.471. The average Bonchev–Trinajstić information content (AvgIpc) is 2.96. The van der Waals surface area contributed by atoms with Crippen molar-refractivity contribution in [2.75, 3.05) is 0 Å². The fourth-order valence-electron chi connectivity index (χ4n) is 2.62. The van der Waals surface area contributed by atoms with Crippen LogP contribution in [0.25, 0.3) is 11.1 Å². The molecule has 0 N–H and O–H groups in total. The standard InChI is InChI=1S/C14H14.C8H7F3.2C4H10.2C2H6/c1-2-12-8-6-7-11-14(12)13-9-4-3-5-10-13;1-6-4-2-3-5-7(6)8(9,10)11;2*1-3-4-2;2*1-2/h3-11H,2H2,1H3;2-5H,1H3;2*3-4H2,1-2H3;2*1-2H3. The summed E-state index contributed by atoms with van der Waals surface area (Å²) in [6.07, 6.45) is 2.15. The Balaban J connectivity index is -0.000000447. The quantitative estimate of drug-likeness (QED) is 0.322. The molecule has 0 aliphatic rings. The van der Waals surface area contributed by atoms with Gasteiger partial charge in [-0.05, 0) is 41.7 Å². The normalized spacial score (nSPS) is 9.22. The summed E-state index contributed by atoms with van der Waals surface area (Å²) in [5.74, 6) is 0. The van der Waals surface area contributed by atoms with Crippen LogP contribution in [0, 0.1) is 6.92 Å². The Morgan fingerprint density at radius 1 is 0.541 bits per heavy atom. The minimum Gasteiger partial charge on any atom is -0.166 e. The van der Waals surface area contributed by atoms with Gasteiger partial charge in [-0.2, -0.15) is 13.2 Å². The molecule has 0 bridgehead atoms. The third-order valence-electron chi connectivity index (χ3n) is 4.93. The summed E-state index contributed by atoms with van der Waals surface area (Å²) in [5, 5.41) is 0. The van der Waals surface area contributed by atoms with Crippen LogP contribution in [-0.2, 0) is 12.6 Å². The molecule has 0 fully saturated rings. The van der Waals surface area contributed by atoms with Crippen molar-refractivity contribution in [2.24, 2.45) is 0 Å². The predicted octanol–water partition coefficient (Wildman–Crippen LogP) is 12.6. The van der Waals surface area contributed by atoms with E-state index in [-0.39, 0.29) is 5.56 Å². The summed E-state index contributed by atoms with van der Waals surface area (Å²) in [4.78, 5) is 0. The van der Waals surface area contributed by atoms with E-state index in [1.807, 2.05) is 27.7 Å². The molecule has 0 heterocycles. The van der Waals surface area contributed by atoms with Crippen molar-refractivity contribution in [2.45, 2.75) is 108 Å². The van der Waals surface area contributed by atoms with E-state index in [2.05, 4.69) is 89.2 Å². The molecule has 0 saturated heterocycles. The first-order valence-corrected chi connectivity index (χ1v) is 14.0. The van der Waals surface area contributed by atoms with E-state index in [1.165, 1.54) is 61.4 Å². The summed E-state index contributed by atoms with van der Waals surface area (Å²) in [7, 11) is 0. The molecular weight excluding hydrogens is 465 g/mol. The molecule has 0 aliphatic carbocycles. The third-order valence-corrected chi connectivity index (χ3v) is 4.93. The SMILES string of the molecule is CC.CC.CCCC.CCCC.CCc1ccccc1-c1ccccc1.Cc1ccccc1C(F)(F)F. The Bertz CT molecular complexity index is 844. The lowest BCUT2D eigenvalue weighted by Crippen LogP contribution is -2.06. The zero-order valence-electron chi connectivity index (χ0n) is 25.2. The maximum absolute atomic E-state index is 12.0. The highest BCUT2D eigenvalue weighted by Gasteiger charge is 2.31. The maximum atomic E-state index is 12.0. The number of rotatable bonds is 4. The number of aryl methyl sites for hydroxylation is 2. The molecular formula is C34H53F3. The Morgan fingerprint density at radius 2 is 0.946 bits per heavy atom. The van der Waals surface area contributed by atoms with E-state index in [4.69, 9.17) is 0 Å². The van der Waals surface area contributed by atoms with Gasteiger partial charge in [0.25, 0.3) is 0 Å². The van der Waals surface area contributed by atoms with E-state index in [0.717, 1.165) is 12.5 Å². The molecule has 3 rings (SSSR count). The summed E-state index contributed by atoms with van der Waals surface area (Å²) in [5.41, 5.74) is 3.79. The van der Waals surface area contributed by atoms with E-state index in [9.17, 15) is 13.2 Å². The van der Waals surface area contributed by atoms with Crippen molar-refractivity contribution in [1.29, 1.82) is 0 Å². The van der Waals surface area contributed by atoms with Gasteiger partial charge in [-0.1, -0.05) is 161 Å². The second-order valence-corrected chi connectivity index (χ2v) is 7.69. The van der Waals surface area contributed by atoms with Gasteiger partial charge in [-0.25, -0.2) is 0 Å². The minimum absolute atomic E-state index is 0.264. The monoisotopic (exact) mass is 518 g/mol. The van der Waals surface area contributed by atoms with Crippen LogP contribution in [0.15, 0.2) is 78.9 Å². The van der Waals surface area contributed by atoms with Gasteiger partial charge < -0.3 is 0 Å². The first-order valence-electron chi connectivity index (χ1n) is 14.0. The van der Waals surface area contributed by atoms with Crippen molar-refractivity contribution < 1.29 is 13.2 Å². The summed E-state index contributed by atoms with van der Waals surface area (Å²) in [6, 6.07) is 24.6. The molecule has 0 spiro atoms. The van der Waals surface area contributed by atoms with E-state index in [1.54, 1.807) is 6.07 Å². The van der Waals surface area contributed by atoms with Crippen LogP contribution >= 0.6 is 0 Å². The zero-order chi connectivity index (χ0) is 29.1. The highest BCUT2D eigenvalue weighted by molar-refractivity contribution is 5.67. The van der Waals surface area contributed by atoms with E-state index < -0.39 is 11.7 Å². The van der Waals surface area contributed by atoms with Gasteiger partial charge in [0, 0.05) is 0 Å². The highest BCUT2D eigenvalue weighted by Crippen LogP contribution is 2.31. The summed E-state index contributed by atoms with van der Waals surface area (Å²) in [6.45, 7) is 20.4. The Morgan fingerprint density at radius 3 is 1.32 bits per heavy atom. The molecule has 210 valence electrons. The van der Waals surface area contributed by atoms with E-state index >= 15 is 0 Å². The lowest BCUT2D eigenvalue weighted by Gasteiger charge is -2.08. The van der Waals surface area contributed by atoms with Crippen LogP contribution < -0.4 is 0 Å². The van der Waals surface area contributed by atoms with Crippen LogP contribution in [0.2, 0.25) is 0 Å². The summed E-state index contributed by atoms with van der Waals surface area (Å²) >= 11 is 0. The number of hydrogen-bond donors (Lipinski definition) is 0. The number of unbranched alkanes of at least 4 members (excludes halogenated alkanes) is 2. The number of halogens is 3. The zero-order valence-corrected chi connectivity index (χ0v) is 25.2. The minimum atomic E-state index is -4.22. The van der Waals surface area contributed by atoms with Crippen molar-refractivity contribution in [3.63, 3.8) is 0 Å².